The van der Waals surface area contributed by atoms with Crippen molar-refractivity contribution in [3.63, 3.8) is 0 Å². The summed E-state index contributed by atoms with van der Waals surface area (Å²) in [4.78, 5) is 10.5. The summed E-state index contributed by atoms with van der Waals surface area (Å²) in [7, 11) is 0. The number of hydrogen-bond donors (Lipinski definition) is 2. The van der Waals surface area contributed by atoms with Crippen molar-refractivity contribution in [3.8, 4) is 0 Å². The molecule has 1 unspecified atom stereocenters. The van der Waals surface area contributed by atoms with Crippen molar-refractivity contribution in [2.45, 2.75) is 50.7 Å². The van der Waals surface area contributed by atoms with E-state index in [1.54, 1.807) is 0 Å². The SMILES string of the molecule is CC(F)(CNC1CCCCC1)C(=O)O. The Bertz CT molecular complexity index is 200. The van der Waals surface area contributed by atoms with E-state index >= 15 is 0 Å². The maximum atomic E-state index is 13.3. The van der Waals surface area contributed by atoms with Crippen molar-refractivity contribution >= 4 is 5.97 Å². The van der Waals surface area contributed by atoms with Crippen molar-refractivity contribution in [1.82, 2.24) is 5.32 Å². The van der Waals surface area contributed by atoms with Crippen LogP contribution in [-0.2, 0) is 4.79 Å². The number of carbonyl (C=O) groups is 1. The van der Waals surface area contributed by atoms with Gasteiger partial charge in [0, 0.05) is 12.6 Å². The number of rotatable bonds is 4. The smallest absolute Gasteiger partial charge is 0.342 e. The average molecular weight is 203 g/mol. The minimum atomic E-state index is -2.14. The molecule has 82 valence electrons. The van der Waals surface area contributed by atoms with Gasteiger partial charge >= 0.3 is 5.97 Å². The molecule has 1 aliphatic rings. The molecule has 1 rings (SSSR count). The van der Waals surface area contributed by atoms with Crippen LogP contribution in [0.4, 0.5) is 4.39 Å². The molecule has 1 fully saturated rings. The number of carboxylic acids is 1. The Morgan fingerprint density at radius 1 is 1.50 bits per heavy atom. The lowest BCUT2D eigenvalue weighted by Gasteiger charge is -2.25. The fraction of sp³-hybridized carbons (Fsp3) is 0.900. The highest BCUT2D eigenvalue weighted by Gasteiger charge is 2.33. The lowest BCUT2D eigenvalue weighted by atomic mass is 9.95. The molecule has 1 aliphatic carbocycles. The first-order valence-electron chi connectivity index (χ1n) is 5.18. The maximum Gasteiger partial charge on any atom is 0.342 e. The monoisotopic (exact) mass is 203 g/mol. The van der Waals surface area contributed by atoms with Gasteiger partial charge in [-0.05, 0) is 19.8 Å². The second-order valence-corrected chi connectivity index (χ2v) is 4.22. The Labute approximate surface area is 83.7 Å². The summed E-state index contributed by atoms with van der Waals surface area (Å²) in [6, 6.07) is 0.304. The van der Waals surface area contributed by atoms with Crippen LogP contribution >= 0.6 is 0 Å². The van der Waals surface area contributed by atoms with Gasteiger partial charge < -0.3 is 10.4 Å². The first kappa shape index (κ1) is 11.4. The Morgan fingerprint density at radius 3 is 2.57 bits per heavy atom. The van der Waals surface area contributed by atoms with E-state index < -0.39 is 11.6 Å². The number of hydrogen-bond acceptors (Lipinski definition) is 2. The molecule has 0 bridgehead atoms. The van der Waals surface area contributed by atoms with Gasteiger partial charge in [-0.1, -0.05) is 19.3 Å². The normalized spacial score (nSPS) is 23.0. The molecule has 1 atom stereocenters. The zero-order valence-electron chi connectivity index (χ0n) is 8.55. The molecule has 14 heavy (non-hydrogen) atoms. The summed E-state index contributed by atoms with van der Waals surface area (Å²) < 4.78 is 13.3. The van der Waals surface area contributed by atoms with Gasteiger partial charge in [-0.3, -0.25) is 0 Å². The van der Waals surface area contributed by atoms with Gasteiger partial charge in [0.25, 0.3) is 0 Å². The van der Waals surface area contributed by atoms with E-state index in [1.165, 1.54) is 6.42 Å². The van der Waals surface area contributed by atoms with E-state index in [1.807, 2.05) is 0 Å². The molecule has 0 amide bonds. The second-order valence-electron chi connectivity index (χ2n) is 4.22. The average Bonchev–Trinajstić information content (AvgIpc) is 2.16. The van der Waals surface area contributed by atoms with Crippen LogP contribution in [0.15, 0.2) is 0 Å². The molecule has 2 N–H and O–H groups in total. The van der Waals surface area contributed by atoms with Gasteiger partial charge in [0.05, 0.1) is 0 Å². The van der Waals surface area contributed by atoms with E-state index in [9.17, 15) is 9.18 Å². The third-order valence-electron chi connectivity index (χ3n) is 2.77. The lowest BCUT2D eigenvalue weighted by molar-refractivity contribution is -0.149. The molecule has 0 saturated heterocycles. The van der Waals surface area contributed by atoms with Gasteiger partial charge in [0.2, 0.25) is 5.67 Å². The molecule has 0 aromatic rings. The molecule has 0 aromatic carbocycles. The van der Waals surface area contributed by atoms with Crippen molar-refractivity contribution < 1.29 is 14.3 Å². The number of alkyl halides is 1. The number of halogens is 1. The molecule has 0 radical (unpaired) electrons. The predicted molar refractivity (Wildman–Crippen MR) is 52.0 cm³/mol. The Hall–Kier alpha value is -0.640. The van der Waals surface area contributed by atoms with Crippen LogP contribution < -0.4 is 5.32 Å². The number of nitrogens with one attached hydrogen (secondary N) is 1. The van der Waals surface area contributed by atoms with Crippen LogP contribution in [0.5, 0.6) is 0 Å². The van der Waals surface area contributed by atoms with Crippen molar-refractivity contribution in [3.05, 3.63) is 0 Å². The van der Waals surface area contributed by atoms with Gasteiger partial charge in [-0.2, -0.15) is 0 Å². The molecule has 0 aromatic heterocycles. The summed E-state index contributed by atoms with van der Waals surface area (Å²) in [5, 5.41) is 11.5. The summed E-state index contributed by atoms with van der Waals surface area (Å²) in [6.45, 7) is 1.01. The zero-order chi connectivity index (χ0) is 10.6. The minimum Gasteiger partial charge on any atom is -0.479 e. The fourth-order valence-electron chi connectivity index (χ4n) is 1.72. The van der Waals surface area contributed by atoms with Gasteiger partial charge in [-0.25, -0.2) is 9.18 Å². The summed E-state index contributed by atoms with van der Waals surface area (Å²) in [5.74, 6) is -1.39. The summed E-state index contributed by atoms with van der Waals surface area (Å²) in [6.07, 6.45) is 5.64. The maximum absolute atomic E-state index is 13.3. The van der Waals surface area contributed by atoms with Crippen LogP contribution in [-0.4, -0.2) is 29.3 Å². The third kappa shape index (κ3) is 3.25. The van der Waals surface area contributed by atoms with Crippen LogP contribution in [0, 0.1) is 0 Å². The highest BCUT2D eigenvalue weighted by Crippen LogP contribution is 2.18. The predicted octanol–water partition coefficient (Wildman–Crippen LogP) is 1.72. The van der Waals surface area contributed by atoms with Crippen LogP contribution in [0.2, 0.25) is 0 Å². The topological polar surface area (TPSA) is 49.3 Å². The molecule has 0 spiro atoms. The number of aliphatic carboxylic acids is 1. The summed E-state index contributed by atoms with van der Waals surface area (Å²) >= 11 is 0. The van der Waals surface area contributed by atoms with Crippen LogP contribution in [0.3, 0.4) is 0 Å². The van der Waals surface area contributed by atoms with Crippen molar-refractivity contribution in [1.29, 1.82) is 0 Å². The fourth-order valence-corrected chi connectivity index (χ4v) is 1.72. The lowest BCUT2D eigenvalue weighted by Crippen LogP contribution is -2.45. The molecular formula is C10H18FNO2. The van der Waals surface area contributed by atoms with Crippen molar-refractivity contribution in [2.24, 2.45) is 0 Å². The quantitative estimate of drug-likeness (QED) is 0.731. The van der Waals surface area contributed by atoms with E-state index in [0.29, 0.717) is 6.04 Å². The molecule has 0 heterocycles. The molecule has 0 aliphatic heterocycles. The van der Waals surface area contributed by atoms with Gasteiger partial charge in [0.15, 0.2) is 0 Å². The van der Waals surface area contributed by atoms with E-state index in [-0.39, 0.29) is 6.54 Å². The minimum absolute atomic E-state index is 0.0903. The van der Waals surface area contributed by atoms with Crippen LogP contribution in [0.1, 0.15) is 39.0 Å². The van der Waals surface area contributed by atoms with Crippen LogP contribution in [0.25, 0.3) is 0 Å². The van der Waals surface area contributed by atoms with Gasteiger partial charge in [0.1, 0.15) is 0 Å². The zero-order valence-corrected chi connectivity index (χ0v) is 8.55. The Morgan fingerprint density at radius 2 is 2.07 bits per heavy atom. The van der Waals surface area contributed by atoms with E-state index in [4.69, 9.17) is 5.11 Å². The number of carboxylic acid groups (broad SMARTS) is 1. The standard InChI is InChI=1S/C10H18FNO2/c1-10(11,9(13)14)7-12-8-5-3-2-4-6-8/h8,12H,2-7H2,1H3,(H,13,14). The van der Waals surface area contributed by atoms with Crippen molar-refractivity contribution in [2.75, 3.05) is 6.54 Å². The Balaban J connectivity index is 2.28. The van der Waals surface area contributed by atoms with E-state index in [0.717, 1.165) is 32.6 Å². The Kier molecular flexibility index (Phi) is 3.86. The molecule has 1 saturated carbocycles. The highest BCUT2D eigenvalue weighted by molar-refractivity contribution is 5.77. The molecule has 3 nitrogen and oxygen atoms in total. The first-order valence-corrected chi connectivity index (χ1v) is 5.18. The molecule has 4 heteroatoms. The highest BCUT2D eigenvalue weighted by atomic mass is 19.1. The third-order valence-corrected chi connectivity index (χ3v) is 2.77. The second kappa shape index (κ2) is 4.73. The largest absolute Gasteiger partial charge is 0.479 e. The first-order chi connectivity index (χ1) is 6.52. The molecular weight excluding hydrogens is 185 g/mol. The van der Waals surface area contributed by atoms with Gasteiger partial charge in [-0.15, -0.1) is 0 Å². The van der Waals surface area contributed by atoms with E-state index in [2.05, 4.69) is 5.32 Å². The summed E-state index contributed by atoms with van der Waals surface area (Å²) in [5.41, 5.74) is -2.14.